The van der Waals surface area contributed by atoms with Crippen LogP contribution in [-0.2, 0) is 6.54 Å². The van der Waals surface area contributed by atoms with Crippen LogP contribution in [0.4, 0.5) is 0 Å². The monoisotopic (exact) mass is 411 g/mol. The molecular weight excluding hydrogens is 402 g/mol. The molecule has 0 saturated carbocycles. The first-order valence-corrected chi connectivity index (χ1v) is 7.61. The van der Waals surface area contributed by atoms with E-state index in [1.54, 1.807) is 30.3 Å². The number of carbonyl (C=O) groups is 2. The maximum absolute atomic E-state index is 12.1. The van der Waals surface area contributed by atoms with Crippen LogP contribution in [0.1, 0.15) is 26.3 Å². The van der Waals surface area contributed by atoms with Crippen molar-refractivity contribution in [2.45, 2.75) is 6.54 Å². The van der Waals surface area contributed by atoms with Gasteiger partial charge in [0.2, 0.25) is 0 Å². The Morgan fingerprint density at radius 3 is 2.29 bits per heavy atom. The van der Waals surface area contributed by atoms with Crippen molar-refractivity contribution < 1.29 is 14.7 Å². The second-order valence-electron chi connectivity index (χ2n) is 4.31. The van der Waals surface area contributed by atoms with Crippen molar-refractivity contribution in [3.8, 4) is 0 Å². The second-order valence-corrected chi connectivity index (χ2v) is 6.08. The zero-order valence-electron chi connectivity index (χ0n) is 10.8. The Morgan fingerprint density at radius 1 is 1.05 bits per heavy atom. The summed E-state index contributed by atoms with van der Waals surface area (Å²) in [6.45, 7) is 0.335. The molecule has 0 saturated heterocycles. The molecule has 0 spiro atoms. The van der Waals surface area contributed by atoms with Crippen LogP contribution >= 0.6 is 31.9 Å². The van der Waals surface area contributed by atoms with Gasteiger partial charge in [-0.3, -0.25) is 4.79 Å². The Labute approximate surface area is 138 Å². The third-order valence-corrected chi connectivity index (χ3v) is 3.98. The van der Waals surface area contributed by atoms with E-state index in [9.17, 15) is 9.59 Å². The van der Waals surface area contributed by atoms with Gasteiger partial charge in [0.1, 0.15) is 0 Å². The number of halogens is 2. The van der Waals surface area contributed by atoms with Crippen LogP contribution in [0.15, 0.2) is 51.4 Å². The normalized spacial score (nSPS) is 10.2. The van der Waals surface area contributed by atoms with Gasteiger partial charge >= 0.3 is 5.97 Å². The standard InChI is InChI=1S/C15H11Br2NO3/c16-11-5-6-12(13(17)7-11)14(19)18-8-9-1-3-10(4-2-9)15(20)21/h1-7H,8H2,(H,18,19)(H,20,21). The lowest BCUT2D eigenvalue weighted by Gasteiger charge is -2.07. The molecule has 21 heavy (non-hydrogen) atoms. The first kappa shape index (κ1) is 15.7. The number of carboxylic acids is 1. The summed E-state index contributed by atoms with van der Waals surface area (Å²) in [4.78, 5) is 22.8. The van der Waals surface area contributed by atoms with Crippen molar-refractivity contribution in [2.75, 3.05) is 0 Å². The third-order valence-electron chi connectivity index (χ3n) is 2.83. The van der Waals surface area contributed by atoms with Crippen LogP contribution in [0.5, 0.6) is 0 Å². The van der Waals surface area contributed by atoms with Crippen LogP contribution < -0.4 is 5.32 Å². The molecule has 4 nitrogen and oxygen atoms in total. The molecule has 0 heterocycles. The van der Waals surface area contributed by atoms with Crippen molar-refractivity contribution in [2.24, 2.45) is 0 Å². The first-order valence-electron chi connectivity index (χ1n) is 6.03. The molecule has 0 fully saturated rings. The summed E-state index contributed by atoms with van der Waals surface area (Å²) in [6.07, 6.45) is 0. The largest absolute Gasteiger partial charge is 0.478 e. The van der Waals surface area contributed by atoms with E-state index in [0.29, 0.717) is 16.6 Å². The molecule has 0 unspecified atom stereocenters. The number of nitrogens with one attached hydrogen (secondary N) is 1. The average molecular weight is 413 g/mol. The van der Waals surface area contributed by atoms with Crippen molar-refractivity contribution in [1.82, 2.24) is 5.32 Å². The zero-order valence-corrected chi connectivity index (χ0v) is 13.9. The molecular formula is C15H11Br2NO3. The average Bonchev–Trinajstić information content (AvgIpc) is 2.45. The lowest BCUT2D eigenvalue weighted by molar-refractivity contribution is 0.0696. The molecule has 2 aromatic carbocycles. The first-order chi connectivity index (χ1) is 9.97. The summed E-state index contributed by atoms with van der Waals surface area (Å²) in [5.41, 5.74) is 1.60. The quantitative estimate of drug-likeness (QED) is 0.801. The number of carboxylic acid groups (broad SMARTS) is 1. The van der Waals surface area contributed by atoms with E-state index in [1.807, 2.05) is 0 Å². The Bertz CT molecular complexity index is 684. The fraction of sp³-hybridized carbons (Fsp3) is 0.0667. The summed E-state index contributed by atoms with van der Waals surface area (Å²) < 4.78 is 1.59. The van der Waals surface area contributed by atoms with Gasteiger partial charge in [-0.1, -0.05) is 28.1 Å². The number of amides is 1. The minimum Gasteiger partial charge on any atom is -0.478 e. The van der Waals surface area contributed by atoms with E-state index < -0.39 is 5.97 Å². The summed E-state index contributed by atoms with van der Waals surface area (Å²) in [5, 5.41) is 11.6. The summed E-state index contributed by atoms with van der Waals surface area (Å²) in [5.74, 6) is -1.17. The highest BCUT2D eigenvalue weighted by molar-refractivity contribution is 9.11. The number of rotatable bonds is 4. The molecule has 6 heteroatoms. The zero-order chi connectivity index (χ0) is 15.4. The van der Waals surface area contributed by atoms with Gasteiger partial charge in [0.25, 0.3) is 5.91 Å². The fourth-order valence-corrected chi connectivity index (χ4v) is 2.94. The van der Waals surface area contributed by atoms with E-state index in [0.717, 1.165) is 10.0 Å². The summed E-state index contributed by atoms with van der Waals surface area (Å²) in [6, 6.07) is 11.7. The highest BCUT2D eigenvalue weighted by atomic mass is 79.9. The van der Waals surface area contributed by atoms with Crippen LogP contribution in [0, 0.1) is 0 Å². The van der Waals surface area contributed by atoms with Crippen molar-refractivity contribution >= 4 is 43.7 Å². The van der Waals surface area contributed by atoms with E-state index in [-0.39, 0.29) is 11.5 Å². The highest BCUT2D eigenvalue weighted by Crippen LogP contribution is 2.21. The molecule has 0 aliphatic carbocycles. The van der Waals surface area contributed by atoms with E-state index in [1.165, 1.54) is 12.1 Å². The number of benzene rings is 2. The van der Waals surface area contributed by atoms with Gasteiger partial charge in [0, 0.05) is 15.5 Å². The van der Waals surface area contributed by atoms with E-state index >= 15 is 0 Å². The molecule has 2 aromatic rings. The number of aromatic carboxylic acids is 1. The van der Waals surface area contributed by atoms with E-state index in [2.05, 4.69) is 37.2 Å². The maximum Gasteiger partial charge on any atom is 0.335 e. The van der Waals surface area contributed by atoms with Crippen LogP contribution in [0.25, 0.3) is 0 Å². The molecule has 2 N–H and O–H groups in total. The van der Waals surface area contributed by atoms with Gasteiger partial charge in [0.15, 0.2) is 0 Å². The lowest BCUT2D eigenvalue weighted by Crippen LogP contribution is -2.23. The molecule has 2 rings (SSSR count). The van der Waals surface area contributed by atoms with Crippen molar-refractivity contribution in [1.29, 1.82) is 0 Å². The highest BCUT2D eigenvalue weighted by Gasteiger charge is 2.10. The van der Waals surface area contributed by atoms with Crippen LogP contribution in [0.3, 0.4) is 0 Å². The Morgan fingerprint density at radius 2 is 1.71 bits per heavy atom. The van der Waals surface area contributed by atoms with Crippen molar-refractivity contribution in [3.63, 3.8) is 0 Å². The SMILES string of the molecule is O=C(O)c1ccc(CNC(=O)c2ccc(Br)cc2Br)cc1. The minimum absolute atomic E-state index is 0.198. The van der Waals surface area contributed by atoms with Crippen molar-refractivity contribution in [3.05, 3.63) is 68.1 Å². The number of hydrogen-bond donors (Lipinski definition) is 2. The number of carbonyl (C=O) groups excluding carboxylic acids is 1. The molecule has 0 aliphatic heterocycles. The van der Waals surface area contributed by atoms with Gasteiger partial charge in [-0.15, -0.1) is 0 Å². The minimum atomic E-state index is -0.968. The molecule has 0 atom stereocenters. The predicted octanol–water partition coefficient (Wildman–Crippen LogP) is 3.84. The fourth-order valence-electron chi connectivity index (χ4n) is 1.72. The van der Waals surface area contributed by atoms with E-state index in [4.69, 9.17) is 5.11 Å². The maximum atomic E-state index is 12.1. The molecule has 0 aliphatic rings. The Hall–Kier alpha value is -1.66. The summed E-state index contributed by atoms with van der Waals surface area (Å²) in [7, 11) is 0. The van der Waals surface area contributed by atoms with Crippen LogP contribution in [0.2, 0.25) is 0 Å². The van der Waals surface area contributed by atoms with Gasteiger partial charge < -0.3 is 10.4 Å². The predicted molar refractivity (Wildman–Crippen MR) is 86.4 cm³/mol. The molecule has 0 aromatic heterocycles. The molecule has 108 valence electrons. The Balaban J connectivity index is 2.02. The van der Waals surface area contributed by atoms with Gasteiger partial charge in [-0.25, -0.2) is 4.79 Å². The molecule has 0 bridgehead atoms. The third kappa shape index (κ3) is 4.15. The van der Waals surface area contributed by atoms with Gasteiger partial charge in [-0.05, 0) is 51.8 Å². The Kier molecular flexibility index (Phi) is 5.14. The lowest BCUT2D eigenvalue weighted by atomic mass is 10.1. The summed E-state index contributed by atoms with van der Waals surface area (Å²) >= 11 is 6.67. The number of hydrogen-bond acceptors (Lipinski definition) is 2. The smallest absolute Gasteiger partial charge is 0.335 e. The van der Waals surface area contributed by atoms with Gasteiger partial charge in [0.05, 0.1) is 11.1 Å². The molecule has 1 amide bonds. The second kappa shape index (κ2) is 6.87. The van der Waals surface area contributed by atoms with Crippen LogP contribution in [-0.4, -0.2) is 17.0 Å². The van der Waals surface area contributed by atoms with Gasteiger partial charge in [-0.2, -0.15) is 0 Å². The molecule has 0 radical (unpaired) electrons. The topological polar surface area (TPSA) is 66.4 Å².